The lowest BCUT2D eigenvalue weighted by Crippen LogP contribution is -2.40. The summed E-state index contributed by atoms with van der Waals surface area (Å²) in [5, 5.41) is 11.8. The number of nitrogens with zero attached hydrogens (tertiary/aromatic N) is 1. The van der Waals surface area contributed by atoms with E-state index in [4.69, 9.17) is 4.74 Å². The first-order valence-electron chi connectivity index (χ1n) is 10.8. The van der Waals surface area contributed by atoms with E-state index in [2.05, 4.69) is 0 Å². The zero-order valence-corrected chi connectivity index (χ0v) is 19.1. The van der Waals surface area contributed by atoms with Crippen LogP contribution < -0.4 is 4.74 Å². The molecule has 176 valence electrons. The van der Waals surface area contributed by atoms with Gasteiger partial charge in [0.05, 0.1) is 0 Å². The summed E-state index contributed by atoms with van der Waals surface area (Å²) in [6.45, 7) is -0.0466. The number of hydrogen-bond donors (Lipinski definition) is 1. The molecule has 0 amide bonds. The molecular formula is C27H24F3NO2S. The number of benzene rings is 3. The van der Waals surface area contributed by atoms with E-state index >= 15 is 0 Å². The Balaban J connectivity index is 1.53. The molecule has 0 radical (unpaired) electrons. The van der Waals surface area contributed by atoms with Crippen LogP contribution in [0.25, 0.3) is 10.4 Å². The highest BCUT2D eigenvalue weighted by molar-refractivity contribution is 7.13. The smallest absolute Gasteiger partial charge is 0.415 e. The number of rotatable bonds is 9. The maximum absolute atomic E-state index is 13.1. The van der Waals surface area contributed by atoms with Gasteiger partial charge in [0.15, 0.2) is 6.10 Å². The first-order chi connectivity index (χ1) is 16.4. The Morgan fingerprint density at radius 2 is 1.47 bits per heavy atom. The van der Waals surface area contributed by atoms with Crippen LogP contribution in [0.1, 0.15) is 11.1 Å². The van der Waals surface area contributed by atoms with E-state index in [-0.39, 0.29) is 13.1 Å². The van der Waals surface area contributed by atoms with Gasteiger partial charge in [-0.25, -0.2) is 0 Å². The lowest BCUT2D eigenvalue weighted by atomic mass is 10.1. The van der Waals surface area contributed by atoms with Crippen molar-refractivity contribution in [1.82, 2.24) is 4.90 Å². The number of aliphatic hydroxyl groups is 1. The van der Waals surface area contributed by atoms with Gasteiger partial charge in [-0.3, -0.25) is 4.90 Å². The van der Waals surface area contributed by atoms with Crippen LogP contribution in [0.3, 0.4) is 0 Å². The molecule has 3 aromatic carbocycles. The van der Waals surface area contributed by atoms with E-state index in [0.29, 0.717) is 11.5 Å². The second-order valence-corrected chi connectivity index (χ2v) is 8.91. The van der Waals surface area contributed by atoms with Gasteiger partial charge in [0, 0.05) is 24.5 Å². The monoisotopic (exact) mass is 483 g/mol. The standard InChI is InChI=1S/C27H24F3NO2S/c28-27(29,30)26(32)19-31(17-20-7-4-9-22(15-20)25-13-6-14-34-25)18-21-8-5-12-24(16-21)33-23-10-2-1-3-11-23/h1-16,26,32H,17-19H2. The van der Waals surface area contributed by atoms with Gasteiger partial charge in [-0.05, 0) is 58.5 Å². The summed E-state index contributed by atoms with van der Waals surface area (Å²) in [5.41, 5.74) is 2.68. The van der Waals surface area contributed by atoms with E-state index in [1.165, 1.54) is 0 Å². The normalized spacial score (nSPS) is 12.6. The Hall–Kier alpha value is -3.13. The topological polar surface area (TPSA) is 32.7 Å². The average Bonchev–Trinajstić information content (AvgIpc) is 3.35. The molecule has 0 aliphatic rings. The fourth-order valence-electron chi connectivity index (χ4n) is 3.65. The first kappa shape index (κ1) is 24.0. The van der Waals surface area contributed by atoms with E-state index in [1.807, 2.05) is 90.3 Å². The molecule has 0 bridgehead atoms. The van der Waals surface area contributed by atoms with Crippen molar-refractivity contribution < 1.29 is 23.0 Å². The molecule has 7 heteroatoms. The molecule has 0 saturated heterocycles. The number of para-hydroxylation sites is 1. The summed E-state index contributed by atoms with van der Waals surface area (Å²) in [7, 11) is 0. The van der Waals surface area contributed by atoms with Gasteiger partial charge < -0.3 is 9.84 Å². The number of hydrogen-bond acceptors (Lipinski definition) is 4. The van der Waals surface area contributed by atoms with Crippen LogP contribution in [-0.4, -0.2) is 28.8 Å². The largest absolute Gasteiger partial charge is 0.457 e. The first-order valence-corrected chi connectivity index (χ1v) is 11.7. The van der Waals surface area contributed by atoms with E-state index in [9.17, 15) is 18.3 Å². The molecule has 3 nitrogen and oxygen atoms in total. The number of halogens is 3. The average molecular weight is 484 g/mol. The molecule has 0 aliphatic heterocycles. The van der Waals surface area contributed by atoms with Crippen molar-refractivity contribution in [3.8, 4) is 21.9 Å². The van der Waals surface area contributed by atoms with E-state index in [0.717, 1.165) is 21.6 Å². The minimum absolute atomic E-state index is 0.225. The van der Waals surface area contributed by atoms with E-state index in [1.54, 1.807) is 22.3 Å². The number of aliphatic hydroxyl groups excluding tert-OH is 1. The molecule has 0 spiro atoms. The van der Waals surface area contributed by atoms with Crippen molar-refractivity contribution in [2.75, 3.05) is 6.54 Å². The number of alkyl halides is 3. The van der Waals surface area contributed by atoms with Gasteiger partial charge in [0.25, 0.3) is 0 Å². The fraction of sp³-hybridized carbons (Fsp3) is 0.185. The molecule has 1 unspecified atom stereocenters. The molecule has 0 saturated carbocycles. The molecule has 1 atom stereocenters. The quantitative estimate of drug-likeness (QED) is 0.275. The van der Waals surface area contributed by atoms with Crippen molar-refractivity contribution in [2.45, 2.75) is 25.4 Å². The van der Waals surface area contributed by atoms with Gasteiger partial charge >= 0.3 is 6.18 Å². The summed E-state index contributed by atoms with van der Waals surface area (Å²) >= 11 is 1.61. The maximum Gasteiger partial charge on any atom is 0.415 e. The fourth-order valence-corrected chi connectivity index (χ4v) is 4.37. The summed E-state index contributed by atoms with van der Waals surface area (Å²) in [5.74, 6) is 1.27. The molecule has 1 N–H and O–H groups in total. The SMILES string of the molecule is OC(CN(Cc1cccc(Oc2ccccc2)c1)Cc1cccc(-c2cccs2)c1)C(F)(F)F. The Morgan fingerprint density at radius 3 is 2.15 bits per heavy atom. The van der Waals surface area contributed by atoms with Crippen molar-refractivity contribution >= 4 is 11.3 Å². The Kier molecular flexibility index (Phi) is 7.67. The third-order valence-electron chi connectivity index (χ3n) is 5.23. The Labute approximate surface area is 200 Å². The molecular weight excluding hydrogens is 459 g/mol. The predicted octanol–water partition coefficient (Wildman–Crippen LogP) is 7.13. The predicted molar refractivity (Wildman–Crippen MR) is 129 cm³/mol. The van der Waals surface area contributed by atoms with Gasteiger partial charge in [-0.15, -0.1) is 11.3 Å². The van der Waals surface area contributed by atoms with Crippen LogP contribution >= 0.6 is 11.3 Å². The lowest BCUT2D eigenvalue weighted by Gasteiger charge is -2.26. The van der Waals surface area contributed by atoms with Crippen LogP contribution in [0.4, 0.5) is 13.2 Å². The van der Waals surface area contributed by atoms with Crippen LogP contribution in [0.5, 0.6) is 11.5 Å². The van der Waals surface area contributed by atoms with Gasteiger partial charge in [-0.1, -0.05) is 54.6 Å². The van der Waals surface area contributed by atoms with Crippen molar-refractivity contribution in [3.05, 3.63) is 108 Å². The minimum Gasteiger partial charge on any atom is -0.457 e. The van der Waals surface area contributed by atoms with Crippen molar-refractivity contribution in [2.24, 2.45) is 0 Å². The summed E-state index contributed by atoms with van der Waals surface area (Å²) in [6, 6.07) is 28.3. The highest BCUT2D eigenvalue weighted by atomic mass is 32.1. The molecule has 0 aliphatic carbocycles. The lowest BCUT2D eigenvalue weighted by molar-refractivity contribution is -0.208. The van der Waals surface area contributed by atoms with Crippen molar-refractivity contribution in [3.63, 3.8) is 0 Å². The zero-order valence-electron chi connectivity index (χ0n) is 18.3. The molecule has 4 aromatic rings. The van der Waals surface area contributed by atoms with Gasteiger partial charge in [0.2, 0.25) is 0 Å². The maximum atomic E-state index is 13.1. The summed E-state index contributed by atoms with van der Waals surface area (Å²) in [4.78, 5) is 2.70. The highest BCUT2D eigenvalue weighted by Gasteiger charge is 2.39. The molecule has 1 aromatic heterocycles. The van der Waals surface area contributed by atoms with Crippen LogP contribution in [0, 0.1) is 0 Å². The second kappa shape index (κ2) is 10.9. The number of thiophene rings is 1. The van der Waals surface area contributed by atoms with Gasteiger partial charge in [-0.2, -0.15) is 13.2 Å². The summed E-state index contributed by atoms with van der Waals surface area (Å²) < 4.78 is 45.3. The summed E-state index contributed by atoms with van der Waals surface area (Å²) in [6.07, 6.45) is -7.12. The Morgan fingerprint density at radius 1 is 0.794 bits per heavy atom. The molecule has 0 fully saturated rings. The van der Waals surface area contributed by atoms with Crippen LogP contribution in [0.15, 0.2) is 96.4 Å². The number of ether oxygens (including phenoxy) is 1. The third kappa shape index (κ3) is 6.70. The molecule has 34 heavy (non-hydrogen) atoms. The third-order valence-corrected chi connectivity index (χ3v) is 6.15. The van der Waals surface area contributed by atoms with Crippen LogP contribution in [0.2, 0.25) is 0 Å². The minimum atomic E-state index is -4.69. The van der Waals surface area contributed by atoms with Crippen molar-refractivity contribution in [1.29, 1.82) is 0 Å². The molecule has 4 rings (SSSR count). The molecule has 1 heterocycles. The Bertz CT molecular complexity index is 1180. The van der Waals surface area contributed by atoms with Crippen LogP contribution in [-0.2, 0) is 13.1 Å². The highest BCUT2D eigenvalue weighted by Crippen LogP contribution is 2.28. The van der Waals surface area contributed by atoms with Gasteiger partial charge in [0.1, 0.15) is 11.5 Å². The zero-order chi connectivity index (χ0) is 24.0. The van der Waals surface area contributed by atoms with E-state index < -0.39 is 18.8 Å². The second-order valence-electron chi connectivity index (χ2n) is 7.97.